The molecule has 1 amide bonds. The lowest BCUT2D eigenvalue weighted by molar-refractivity contribution is 0.0726. The quantitative estimate of drug-likeness (QED) is 0.183. The molecule has 3 unspecified atom stereocenters. The summed E-state index contributed by atoms with van der Waals surface area (Å²) in [6.07, 6.45) is 4.46. The minimum Gasteiger partial charge on any atom is -0.381 e. The van der Waals surface area contributed by atoms with Crippen molar-refractivity contribution in [1.29, 1.82) is 0 Å². The fraction of sp³-hybridized carbons (Fsp3) is 0.400. The number of amides is 1. The van der Waals surface area contributed by atoms with Crippen molar-refractivity contribution in [3.63, 3.8) is 0 Å². The number of carbonyl (C=O) groups is 1. The summed E-state index contributed by atoms with van der Waals surface area (Å²) in [7, 11) is 0. The first kappa shape index (κ1) is 37.7. The van der Waals surface area contributed by atoms with Crippen molar-refractivity contribution in [2.75, 3.05) is 37.7 Å². The van der Waals surface area contributed by atoms with E-state index in [1.165, 1.54) is 11.1 Å². The number of halogens is 1. The molecule has 0 bridgehead atoms. The third kappa shape index (κ3) is 7.39. The lowest BCUT2D eigenvalue weighted by Crippen LogP contribution is -2.42. The highest BCUT2D eigenvalue weighted by Gasteiger charge is 2.37. The number of benzene rings is 3. The van der Waals surface area contributed by atoms with Crippen LogP contribution in [0.1, 0.15) is 100 Å². The van der Waals surface area contributed by atoms with Gasteiger partial charge in [-0.1, -0.05) is 48.5 Å². The molecule has 0 spiro atoms. The van der Waals surface area contributed by atoms with Crippen LogP contribution in [0.3, 0.4) is 0 Å². The van der Waals surface area contributed by atoms with Crippen LogP contribution in [0.4, 0.5) is 10.3 Å². The molecule has 3 atom stereocenters. The molecular formula is C45H48FN7O5. The summed E-state index contributed by atoms with van der Waals surface area (Å²) in [5.41, 5.74) is 6.68. The van der Waals surface area contributed by atoms with Crippen LogP contribution in [0.5, 0.6) is 0 Å². The molecule has 13 heteroatoms. The first-order valence-corrected chi connectivity index (χ1v) is 20.4. The monoisotopic (exact) mass is 785 g/mol. The lowest BCUT2D eigenvalue weighted by Gasteiger charge is -2.30. The van der Waals surface area contributed by atoms with E-state index < -0.39 is 5.76 Å². The number of fused-ring (bicyclic) bond motifs is 2. The van der Waals surface area contributed by atoms with Crippen LogP contribution >= 0.6 is 0 Å². The zero-order valence-corrected chi connectivity index (χ0v) is 33.1. The maximum atomic E-state index is 14.7. The number of hydrogen-bond acceptors (Lipinski definition) is 8. The number of anilines is 1. The highest BCUT2D eigenvalue weighted by molar-refractivity contribution is 5.98. The summed E-state index contributed by atoms with van der Waals surface area (Å²) < 4.78 is 26.3. The van der Waals surface area contributed by atoms with Crippen molar-refractivity contribution in [3.05, 3.63) is 138 Å². The van der Waals surface area contributed by atoms with Crippen molar-refractivity contribution in [2.45, 2.75) is 77.2 Å². The summed E-state index contributed by atoms with van der Waals surface area (Å²) in [5.74, 6) is 2.29. The number of nitrogens with zero attached hydrogens (tertiary/aromatic N) is 5. The molecule has 6 aromatic rings. The van der Waals surface area contributed by atoms with E-state index in [4.69, 9.17) is 9.72 Å². The van der Waals surface area contributed by atoms with Crippen molar-refractivity contribution >= 4 is 22.8 Å². The van der Waals surface area contributed by atoms with E-state index in [1.54, 1.807) is 35.4 Å². The molecule has 3 aromatic heterocycles. The third-order valence-electron chi connectivity index (χ3n) is 12.4. The van der Waals surface area contributed by atoms with E-state index in [0.29, 0.717) is 88.7 Å². The SMILES string of the molecule is CC1CC1c1noc(=O)[nH]1.Cc1cc(-n2c(N3CCC(c4ccccc4)C3)nc3c(c2=O)CCN(C(=O)c2cc4cc(C5CCOCC5)ccc4[nH]2)C3)cc(C)c1F. The summed E-state index contributed by atoms with van der Waals surface area (Å²) in [5, 5.41) is 4.61. The Kier molecular flexibility index (Phi) is 10.1. The molecule has 0 radical (unpaired) electrons. The molecule has 1 aliphatic carbocycles. The molecule has 2 saturated heterocycles. The lowest BCUT2D eigenvalue weighted by atomic mass is 9.91. The fourth-order valence-electron chi connectivity index (χ4n) is 8.91. The molecule has 3 fully saturated rings. The highest BCUT2D eigenvalue weighted by Crippen LogP contribution is 2.45. The second-order valence-corrected chi connectivity index (χ2v) is 16.4. The Hall–Kier alpha value is -5.82. The van der Waals surface area contributed by atoms with Gasteiger partial charge in [0.1, 0.15) is 11.5 Å². The molecule has 10 rings (SSSR count). The van der Waals surface area contributed by atoms with Gasteiger partial charge in [-0.3, -0.25) is 19.1 Å². The molecule has 3 aromatic carbocycles. The van der Waals surface area contributed by atoms with E-state index in [1.807, 2.05) is 12.1 Å². The predicted molar refractivity (Wildman–Crippen MR) is 218 cm³/mol. The van der Waals surface area contributed by atoms with Crippen molar-refractivity contribution in [2.24, 2.45) is 5.92 Å². The number of nitrogens with one attached hydrogen (secondary N) is 2. The van der Waals surface area contributed by atoms with Crippen LogP contribution in [0.2, 0.25) is 0 Å². The minimum absolute atomic E-state index is 0.105. The van der Waals surface area contributed by atoms with Crippen LogP contribution in [0, 0.1) is 25.6 Å². The largest absolute Gasteiger partial charge is 0.438 e. The normalized spacial score (nSPS) is 20.5. The third-order valence-corrected chi connectivity index (χ3v) is 12.4. The van der Waals surface area contributed by atoms with Crippen molar-refractivity contribution in [1.82, 2.24) is 29.6 Å². The van der Waals surface area contributed by atoms with Gasteiger partial charge in [-0.25, -0.2) is 18.7 Å². The Morgan fingerprint density at radius 1 is 0.897 bits per heavy atom. The van der Waals surface area contributed by atoms with E-state index in [0.717, 1.165) is 56.3 Å². The molecule has 58 heavy (non-hydrogen) atoms. The van der Waals surface area contributed by atoms with Crippen LogP contribution < -0.4 is 16.2 Å². The Morgan fingerprint density at radius 3 is 2.36 bits per heavy atom. The van der Waals surface area contributed by atoms with Gasteiger partial charge < -0.3 is 19.5 Å². The maximum absolute atomic E-state index is 14.7. The van der Waals surface area contributed by atoms with Crippen LogP contribution in [-0.2, 0) is 17.7 Å². The first-order valence-electron chi connectivity index (χ1n) is 20.4. The van der Waals surface area contributed by atoms with Gasteiger partial charge in [-0.15, -0.1) is 0 Å². The van der Waals surface area contributed by atoms with Gasteiger partial charge in [0.15, 0.2) is 5.82 Å². The molecule has 12 nitrogen and oxygen atoms in total. The Bertz CT molecular complexity index is 2580. The molecule has 4 aliphatic rings. The average Bonchev–Trinajstić information content (AvgIpc) is 3.62. The van der Waals surface area contributed by atoms with E-state index in [-0.39, 0.29) is 23.8 Å². The zero-order valence-electron chi connectivity index (χ0n) is 33.1. The van der Waals surface area contributed by atoms with Gasteiger partial charge >= 0.3 is 5.76 Å². The molecule has 2 N–H and O–H groups in total. The van der Waals surface area contributed by atoms with Crippen molar-refractivity contribution in [3.8, 4) is 5.69 Å². The predicted octanol–water partition coefficient (Wildman–Crippen LogP) is 7.04. The Labute approximate surface area is 335 Å². The average molecular weight is 786 g/mol. The van der Waals surface area contributed by atoms with Gasteiger partial charge in [-0.2, -0.15) is 0 Å². The van der Waals surface area contributed by atoms with E-state index in [2.05, 4.69) is 73.9 Å². The molecule has 6 heterocycles. The molecule has 3 aliphatic heterocycles. The number of hydrogen-bond donors (Lipinski definition) is 2. The maximum Gasteiger partial charge on any atom is 0.438 e. The number of ether oxygens (including phenoxy) is 1. The van der Waals surface area contributed by atoms with Crippen LogP contribution in [0.15, 0.2) is 80.8 Å². The highest BCUT2D eigenvalue weighted by atomic mass is 19.1. The van der Waals surface area contributed by atoms with Gasteiger partial charge in [-0.05, 0) is 110 Å². The first-order chi connectivity index (χ1) is 28.1. The second-order valence-electron chi connectivity index (χ2n) is 16.4. The van der Waals surface area contributed by atoms with E-state index in [9.17, 15) is 18.8 Å². The Morgan fingerprint density at radius 2 is 1.66 bits per heavy atom. The summed E-state index contributed by atoms with van der Waals surface area (Å²) in [6, 6.07) is 22.2. The second kappa shape index (κ2) is 15.5. The molecular weight excluding hydrogens is 738 g/mol. The fourth-order valence-corrected chi connectivity index (χ4v) is 8.91. The molecule has 300 valence electrons. The summed E-state index contributed by atoms with van der Waals surface area (Å²) in [6.45, 7) is 9.24. The number of aromatic nitrogens is 5. The number of carbonyl (C=O) groups excluding carboxylic acids is 1. The Balaban J connectivity index is 0.000000378. The van der Waals surface area contributed by atoms with Crippen LogP contribution in [-0.4, -0.2) is 68.3 Å². The van der Waals surface area contributed by atoms with Gasteiger partial charge in [0, 0.05) is 61.2 Å². The van der Waals surface area contributed by atoms with Gasteiger partial charge in [0.05, 0.1) is 17.9 Å². The number of H-pyrrole nitrogens is 2. The zero-order chi connectivity index (χ0) is 40.1. The van der Waals surface area contributed by atoms with E-state index >= 15 is 0 Å². The summed E-state index contributed by atoms with van der Waals surface area (Å²) >= 11 is 0. The number of rotatable bonds is 6. The van der Waals surface area contributed by atoms with Gasteiger partial charge in [0.2, 0.25) is 5.95 Å². The van der Waals surface area contributed by atoms with Crippen molar-refractivity contribution < 1.29 is 18.4 Å². The number of aryl methyl sites for hydroxylation is 2. The topological polar surface area (TPSA) is 142 Å². The van der Waals surface area contributed by atoms with Gasteiger partial charge in [0.25, 0.3) is 11.5 Å². The smallest absolute Gasteiger partial charge is 0.381 e. The minimum atomic E-state index is -0.450. The van der Waals surface area contributed by atoms with Crippen LogP contribution in [0.25, 0.3) is 16.6 Å². The standard InChI is InChI=1S/C39H40FN5O3.C6H8N2O2/c1-24-18-31(19-25(2)36(24)40)45-37(46)32-11-15-43(23-35(32)42-39(45)44-14-10-29(22-44)26-6-4-3-5-7-26)38(47)34-21-30-20-28(8-9-33(30)41-34)27-12-16-48-17-13-27;1-3-2-4(3)5-7-6(9)10-8-5/h3-9,18-21,27,29,41H,10-17,22-23H2,1-2H3;3-4H,2H2,1H3,(H,7,8,9). The number of aromatic amines is 2. The molecule has 1 saturated carbocycles. The summed E-state index contributed by atoms with van der Waals surface area (Å²) in [4.78, 5) is 53.7.